The van der Waals surface area contributed by atoms with E-state index in [1.165, 1.54) is 5.56 Å². The van der Waals surface area contributed by atoms with Gasteiger partial charge in [0, 0.05) is 32.0 Å². The molecule has 1 aromatic heterocycles. The number of guanidine groups is 1. The number of nitrogens with zero attached hydrogens (tertiary/aromatic N) is 4. The van der Waals surface area contributed by atoms with Gasteiger partial charge in [-0.05, 0) is 43.9 Å². The van der Waals surface area contributed by atoms with E-state index in [1.807, 2.05) is 10.7 Å². The van der Waals surface area contributed by atoms with Gasteiger partial charge >= 0.3 is 0 Å². The minimum atomic E-state index is 0.317. The SMILES string of the molecule is CCCOc1cccc(CCN=C(NCC)NC2CCc3nc(CC)nn3C2)c1. The summed E-state index contributed by atoms with van der Waals surface area (Å²) in [5.74, 6) is 3.85. The van der Waals surface area contributed by atoms with Crippen molar-refractivity contribution in [2.45, 2.75) is 65.5 Å². The Morgan fingerprint density at radius 1 is 1.31 bits per heavy atom. The van der Waals surface area contributed by atoms with Crippen LogP contribution in [0, 0.1) is 0 Å². The van der Waals surface area contributed by atoms with E-state index in [-0.39, 0.29) is 0 Å². The third-order valence-electron chi connectivity index (χ3n) is 4.94. The summed E-state index contributed by atoms with van der Waals surface area (Å²) in [6.45, 7) is 9.47. The van der Waals surface area contributed by atoms with Gasteiger partial charge in [0.1, 0.15) is 11.6 Å². The van der Waals surface area contributed by atoms with Crippen LogP contribution in [0.4, 0.5) is 0 Å². The third kappa shape index (κ3) is 6.21. The maximum atomic E-state index is 5.73. The van der Waals surface area contributed by atoms with Gasteiger partial charge in [-0.25, -0.2) is 9.67 Å². The Hall–Kier alpha value is -2.57. The van der Waals surface area contributed by atoms with Crippen LogP contribution in [0.1, 0.15) is 50.8 Å². The summed E-state index contributed by atoms with van der Waals surface area (Å²) in [4.78, 5) is 9.38. The van der Waals surface area contributed by atoms with Gasteiger partial charge in [0.05, 0.1) is 13.2 Å². The predicted molar refractivity (Wildman–Crippen MR) is 117 cm³/mol. The normalized spacial score (nSPS) is 16.4. The highest BCUT2D eigenvalue weighted by molar-refractivity contribution is 5.80. The minimum absolute atomic E-state index is 0.317. The Morgan fingerprint density at radius 2 is 2.21 bits per heavy atom. The Labute approximate surface area is 174 Å². The average molecular weight is 399 g/mol. The molecule has 1 aliphatic heterocycles. The maximum absolute atomic E-state index is 5.73. The van der Waals surface area contributed by atoms with Gasteiger partial charge in [0.25, 0.3) is 0 Å². The third-order valence-corrected chi connectivity index (χ3v) is 4.94. The molecule has 2 heterocycles. The summed E-state index contributed by atoms with van der Waals surface area (Å²) in [6.07, 6.45) is 4.78. The van der Waals surface area contributed by atoms with Gasteiger partial charge in [0.2, 0.25) is 0 Å². The van der Waals surface area contributed by atoms with Crippen molar-refractivity contribution in [3.63, 3.8) is 0 Å². The second-order valence-electron chi connectivity index (χ2n) is 7.37. The first-order valence-electron chi connectivity index (χ1n) is 10.9. The zero-order valence-corrected chi connectivity index (χ0v) is 17.9. The van der Waals surface area contributed by atoms with E-state index < -0.39 is 0 Å². The fourth-order valence-corrected chi connectivity index (χ4v) is 3.45. The molecule has 2 aromatic rings. The van der Waals surface area contributed by atoms with Crippen LogP contribution in [0.3, 0.4) is 0 Å². The number of nitrogens with one attached hydrogen (secondary N) is 2. The van der Waals surface area contributed by atoms with Crippen LogP contribution in [0.25, 0.3) is 0 Å². The molecule has 0 amide bonds. The molecule has 29 heavy (non-hydrogen) atoms. The van der Waals surface area contributed by atoms with Crippen LogP contribution in [0.15, 0.2) is 29.3 Å². The zero-order valence-electron chi connectivity index (χ0n) is 17.9. The number of rotatable bonds is 9. The Balaban J connectivity index is 1.55. The highest BCUT2D eigenvalue weighted by atomic mass is 16.5. The Morgan fingerprint density at radius 3 is 3.00 bits per heavy atom. The fraction of sp³-hybridized carbons (Fsp3) is 0.591. The van der Waals surface area contributed by atoms with Crippen LogP contribution in [0.2, 0.25) is 0 Å². The molecule has 0 radical (unpaired) electrons. The van der Waals surface area contributed by atoms with E-state index in [4.69, 9.17) is 9.73 Å². The number of hydrogen-bond donors (Lipinski definition) is 2. The molecule has 3 rings (SSSR count). The smallest absolute Gasteiger partial charge is 0.191 e. The van der Waals surface area contributed by atoms with Crippen molar-refractivity contribution in [2.75, 3.05) is 19.7 Å². The molecule has 0 saturated heterocycles. The molecule has 1 atom stereocenters. The fourth-order valence-electron chi connectivity index (χ4n) is 3.45. The highest BCUT2D eigenvalue weighted by Gasteiger charge is 2.22. The lowest BCUT2D eigenvalue weighted by atomic mass is 10.1. The summed E-state index contributed by atoms with van der Waals surface area (Å²) in [5.41, 5.74) is 1.25. The number of aryl methyl sites for hydroxylation is 2. The van der Waals surface area contributed by atoms with Crippen molar-refractivity contribution in [2.24, 2.45) is 4.99 Å². The number of hydrogen-bond acceptors (Lipinski definition) is 4. The van der Waals surface area contributed by atoms with E-state index in [2.05, 4.69) is 59.7 Å². The molecule has 0 aliphatic carbocycles. The predicted octanol–water partition coefficient (Wildman–Crippen LogP) is 2.74. The van der Waals surface area contributed by atoms with Crippen molar-refractivity contribution in [1.82, 2.24) is 25.4 Å². The van der Waals surface area contributed by atoms with Gasteiger partial charge < -0.3 is 15.4 Å². The second kappa shape index (κ2) is 10.8. The molecule has 0 bridgehead atoms. The summed E-state index contributed by atoms with van der Waals surface area (Å²) in [6, 6.07) is 8.63. The molecule has 1 aliphatic rings. The summed E-state index contributed by atoms with van der Waals surface area (Å²) in [7, 11) is 0. The molecule has 158 valence electrons. The highest BCUT2D eigenvalue weighted by Crippen LogP contribution is 2.15. The number of benzene rings is 1. The molecule has 0 saturated carbocycles. The lowest BCUT2D eigenvalue weighted by molar-refractivity contribution is 0.317. The number of ether oxygens (including phenoxy) is 1. The molecule has 7 nitrogen and oxygen atoms in total. The van der Waals surface area contributed by atoms with E-state index >= 15 is 0 Å². The number of aromatic nitrogens is 3. The van der Waals surface area contributed by atoms with Crippen molar-refractivity contribution >= 4 is 5.96 Å². The quantitative estimate of drug-likeness (QED) is 0.502. The first-order valence-corrected chi connectivity index (χ1v) is 10.9. The molecule has 1 unspecified atom stereocenters. The summed E-state index contributed by atoms with van der Waals surface area (Å²) >= 11 is 0. The largest absolute Gasteiger partial charge is 0.494 e. The summed E-state index contributed by atoms with van der Waals surface area (Å²) in [5, 5.41) is 11.5. The number of aliphatic imine (C=N–C) groups is 1. The first-order chi connectivity index (χ1) is 14.2. The topological polar surface area (TPSA) is 76.4 Å². The molecular formula is C22H34N6O. The second-order valence-corrected chi connectivity index (χ2v) is 7.37. The lowest BCUT2D eigenvalue weighted by Gasteiger charge is -2.25. The Kier molecular flexibility index (Phi) is 7.90. The van der Waals surface area contributed by atoms with E-state index in [0.29, 0.717) is 6.04 Å². The van der Waals surface area contributed by atoms with Crippen molar-refractivity contribution < 1.29 is 4.74 Å². The Bertz CT molecular complexity index is 800. The maximum Gasteiger partial charge on any atom is 0.191 e. The van der Waals surface area contributed by atoms with Gasteiger partial charge in [-0.3, -0.25) is 4.99 Å². The summed E-state index contributed by atoms with van der Waals surface area (Å²) < 4.78 is 7.77. The minimum Gasteiger partial charge on any atom is -0.494 e. The van der Waals surface area contributed by atoms with Gasteiger partial charge in [-0.1, -0.05) is 26.0 Å². The molecule has 2 N–H and O–H groups in total. The van der Waals surface area contributed by atoms with Crippen LogP contribution < -0.4 is 15.4 Å². The standard InChI is InChI=1S/C22H34N6O/c1-4-14-29-19-9-7-8-17(15-19)12-13-24-22(23-6-3)25-18-10-11-21-26-20(5-2)27-28(21)16-18/h7-9,15,18H,4-6,10-14,16H2,1-3H3,(H2,23,24,25). The van der Waals surface area contributed by atoms with Crippen molar-refractivity contribution in [3.8, 4) is 5.75 Å². The molecule has 1 aromatic carbocycles. The van der Waals surface area contributed by atoms with Crippen LogP contribution in [0.5, 0.6) is 5.75 Å². The zero-order chi connectivity index (χ0) is 20.5. The first kappa shape index (κ1) is 21.1. The van der Waals surface area contributed by atoms with Crippen LogP contribution in [-0.4, -0.2) is 46.5 Å². The molecule has 7 heteroatoms. The lowest BCUT2D eigenvalue weighted by Crippen LogP contribution is -2.47. The van der Waals surface area contributed by atoms with Gasteiger partial charge in [-0.2, -0.15) is 5.10 Å². The van der Waals surface area contributed by atoms with Crippen LogP contribution >= 0.6 is 0 Å². The van der Waals surface area contributed by atoms with E-state index in [9.17, 15) is 0 Å². The van der Waals surface area contributed by atoms with Crippen molar-refractivity contribution in [1.29, 1.82) is 0 Å². The average Bonchev–Trinajstić information content (AvgIpc) is 3.15. The van der Waals surface area contributed by atoms with Gasteiger partial charge in [-0.15, -0.1) is 0 Å². The molecule has 0 fully saturated rings. The molecular weight excluding hydrogens is 364 g/mol. The van der Waals surface area contributed by atoms with Crippen LogP contribution in [-0.2, 0) is 25.8 Å². The van der Waals surface area contributed by atoms with Gasteiger partial charge in [0.15, 0.2) is 11.8 Å². The molecule has 0 spiro atoms. The van der Waals surface area contributed by atoms with Crippen molar-refractivity contribution in [3.05, 3.63) is 41.5 Å². The number of fused-ring (bicyclic) bond motifs is 1. The van der Waals surface area contributed by atoms with E-state index in [1.54, 1.807) is 0 Å². The van der Waals surface area contributed by atoms with E-state index in [0.717, 1.165) is 81.7 Å². The monoisotopic (exact) mass is 398 g/mol.